The van der Waals surface area contributed by atoms with Crippen molar-refractivity contribution >= 4 is 0 Å². The Morgan fingerprint density at radius 1 is 1.15 bits per heavy atom. The van der Waals surface area contributed by atoms with Gasteiger partial charge in [0, 0.05) is 12.6 Å². The molecule has 1 N–H and O–H groups in total. The van der Waals surface area contributed by atoms with Crippen LogP contribution in [0.2, 0.25) is 0 Å². The van der Waals surface area contributed by atoms with Crippen molar-refractivity contribution in [3.8, 4) is 5.75 Å². The van der Waals surface area contributed by atoms with Crippen LogP contribution in [-0.4, -0.2) is 12.9 Å². The minimum Gasteiger partial charge on any atom is -0.406 e. The number of benzene rings is 1. The summed E-state index contributed by atoms with van der Waals surface area (Å²) in [5.74, 6) is -0.192. The molecule has 20 heavy (non-hydrogen) atoms. The van der Waals surface area contributed by atoms with E-state index < -0.39 is 6.36 Å². The number of alkyl halides is 3. The molecule has 0 aliphatic rings. The lowest BCUT2D eigenvalue weighted by molar-refractivity contribution is -0.274. The smallest absolute Gasteiger partial charge is 0.406 e. The van der Waals surface area contributed by atoms with E-state index in [1.807, 2.05) is 6.92 Å². The highest BCUT2D eigenvalue weighted by Gasteiger charge is 2.31. The Balaban J connectivity index is 2.60. The highest BCUT2D eigenvalue weighted by molar-refractivity contribution is 5.29. The predicted molar refractivity (Wildman–Crippen MR) is 73.6 cm³/mol. The maximum Gasteiger partial charge on any atom is 0.573 e. The van der Waals surface area contributed by atoms with E-state index in [1.165, 1.54) is 12.1 Å². The number of hydrogen-bond acceptors (Lipinski definition) is 2. The van der Waals surface area contributed by atoms with E-state index in [9.17, 15) is 13.2 Å². The maximum atomic E-state index is 12.1. The van der Waals surface area contributed by atoms with Crippen LogP contribution in [0.4, 0.5) is 13.2 Å². The van der Waals surface area contributed by atoms with Gasteiger partial charge >= 0.3 is 6.36 Å². The Hall–Kier alpha value is -1.23. The SMILES string of the molecule is CCC(C)(C)CNC(C)c1ccc(OC(F)(F)F)cc1. The molecule has 0 heterocycles. The number of halogens is 3. The molecule has 1 atom stereocenters. The van der Waals surface area contributed by atoms with E-state index in [4.69, 9.17) is 0 Å². The van der Waals surface area contributed by atoms with Crippen molar-refractivity contribution in [3.63, 3.8) is 0 Å². The monoisotopic (exact) mass is 289 g/mol. The van der Waals surface area contributed by atoms with Crippen LogP contribution in [0, 0.1) is 5.41 Å². The van der Waals surface area contributed by atoms with Crippen LogP contribution in [0.15, 0.2) is 24.3 Å². The van der Waals surface area contributed by atoms with Crippen molar-refractivity contribution in [2.45, 2.75) is 46.5 Å². The Labute approximate surface area is 118 Å². The van der Waals surface area contributed by atoms with Gasteiger partial charge < -0.3 is 10.1 Å². The van der Waals surface area contributed by atoms with Gasteiger partial charge in [0.05, 0.1) is 0 Å². The molecule has 2 nitrogen and oxygen atoms in total. The molecular formula is C15H22F3NO. The molecule has 1 rings (SSSR count). The van der Waals surface area contributed by atoms with E-state index in [0.717, 1.165) is 18.5 Å². The third kappa shape index (κ3) is 5.82. The van der Waals surface area contributed by atoms with Crippen molar-refractivity contribution < 1.29 is 17.9 Å². The lowest BCUT2D eigenvalue weighted by Gasteiger charge is -2.26. The normalized spacial score (nSPS) is 14.2. The Morgan fingerprint density at radius 2 is 1.70 bits per heavy atom. The summed E-state index contributed by atoms with van der Waals surface area (Å²) >= 11 is 0. The van der Waals surface area contributed by atoms with Crippen molar-refractivity contribution in [1.29, 1.82) is 0 Å². The van der Waals surface area contributed by atoms with E-state index in [1.54, 1.807) is 12.1 Å². The van der Waals surface area contributed by atoms with E-state index in [-0.39, 0.29) is 17.2 Å². The van der Waals surface area contributed by atoms with Gasteiger partial charge in [-0.25, -0.2) is 0 Å². The fourth-order valence-corrected chi connectivity index (χ4v) is 1.63. The quantitative estimate of drug-likeness (QED) is 0.821. The molecule has 0 aliphatic heterocycles. The number of rotatable bonds is 6. The molecule has 0 bridgehead atoms. The average Bonchev–Trinajstić information content (AvgIpc) is 2.35. The first-order valence-electron chi connectivity index (χ1n) is 6.72. The van der Waals surface area contributed by atoms with Crippen LogP contribution in [0.3, 0.4) is 0 Å². The molecule has 1 aromatic carbocycles. The molecule has 0 aromatic heterocycles. The third-order valence-electron chi connectivity index (χ3n) is 3.46. The minimum atomic E-state index is -4.64. The van der Waals surface area contributed by atoms with Crippen molar-refractivity contribution in [3.05, 3.63) is 29.8 Å². The molecule has 0 saturated carbocycles. The van der Waals surface area contributed by atoms with Gasteiger partial charge in [-0.3, -0.25) is 0 Å². The fraction of sp³-hybridized carbons (Fsp3) is 0.600. The molecule has 1 unspecified atom stereocenters. The topological polar surface area (TPSA) is 21.3 Å². The number of hydrogen-bond donors (Lipinski definition) is 1. The summed E-state index contributed by atoms with van der Waals surface area (Å²) in [7, 11) is 0. The summed E-state index contributed by atoms with van der Waals surface area (Å²) in [6.45, 7) is 9.33. The fourth-order valence-electron chi connectivity index (χ4n) is 1.63. The van der Waals surface area contributed by atoms with Crippen LogP contribution >= 0.6 is 0 Å². The molecule has 0 aliphatic carbocycles. The zero-order chi connectivity index (χ0) is 15.4. The molecule has 0 spiro atoms. The highest BCUT2D eigenvalue weighted by Crippen LogP contribution is 2.25. The second kappa shape index (κ2) is 6.48. The van der Waals surface area contributed by atoms with Crippen molar-refractivity contribution in [2.24, 2.45) is 5.41 Å². The zero-order valence-corrected chi connectivity index (χ0v) is 12.3. The summed E-state index contributed by atoms with van der Waals surface area (Å²) in [6.07, 6.45) is -3.58. The predicted octanol–water partition coefficient (Wildman–Crippen LogP) is 4.67. The van der Waals surface area contributed by atoms with Gasteiger partial charge in [0.1, 0.15) is 5.75 Å². The molecular weight excluding hydrogens is 267 g/mol. The zero-order valence-electron chi connectivity index (χ0n) is 12.3. The van der Waals surface area contributed by atoms with Crippen molar-refractivity contribution in [1.82, 2.24) is 5.32 Å². The highest BCUT2D eigenvalue weighted by atomic mass is 19.4. The van der Waals surface area contributed by atoms with Crippen LogP contribution in [0.25, 0.3) is 0 Å². The number of ether oxygens (including phenoxy) is 1. The lowest BCUT2D eigenvalue weighted by atomic mass is 9.90. The van der Waals surface area contributed by atoms with Crippen molar-refractivity contribution in [2.75, 3.05) is 6.54 Å². The molecule has 0 saturated heterocycles. The molecule has 0 fully saturated rings. The first kappa shape index (κ1) is 16.8. The third-order valence-corrected chi connectivity index (χ3v) is 3.46. The van der Waals surface area contributed by atoms with Gasteiger partial charge in [-0.2, -0.15) is 0 Å². The summed E-state index contributed by atoms with van der Waals surface area (Å²) < 4.78 is 40.0. The minimum absolute atomic E-state index is 0.0840. The lowest BCUT2D eigenvalue weighted by Crippen LogP contribution is -2.30. The molecule has 114 valence electrons. The second-order valence-electron chi connectivity index (χ2n) is 5.74. The Morgan fingerprint density at radius 3 is 2.15 bits per heavy atom. The second-order valence-corrected chi connectivity index (χ2v) is 5.74. The molecule has 0 radical (unpaired) electrons. The van der Waals surface area contributed by atoms with Crippen LogP contribution < -0.4 is 10.1 Å². The van der Waals surface area contributed by atoms with Gasteiger partial charge in [-0.15, -0.1) is 13.2 Å². The Kier molecular flexibility index (Phi) is 5.45. The molecule has 5 heteroatoms. The van der Waals surface area contributed by atoms with E-state index >= 15 is 0 Å². The van der Waals surface area contributed by atoms with Gasteiger partial charge in [0.15, 0.2) is 0 Å². The first-order chi connectivity index (χ1) is 9.13. The van der Waals surface area contributed by atoms with Gasteiger partial charge in [0.25, 0.3) is 0 Å². The Bertz CT molecular complexity index is 412. The maximum absolute atomic E-state index is 12.1. The molecule has 1 aromatic rings. The summed E-state index contributed by atoms with van der Waals surface area (Å²) in [5.41, 5.74) is 1.14. The molecule has 0 amide bonds. The van der Waals surface area contributed by atoms with E-state index in [2.05, 4.69) is 30.8 Å². The van der Waals surface area contributed by atoms with Gasteiger partial charge in [-0.05, 0) is 36.5 Å². The number of nitrogens with one attached hydrogen (secondary N) is 1. The summed E-state index contributed by atoms with van der Waals surface area (Å²) in [4.78, 5) is 0. The van der Waals surface area contributed by atoms with Crippen LogP contribution in [-0.2, 0) is 0 Å². The summed E-state index contributed by atoms with van der Waals surface area (Å²) in [5, 5.41) is 3.39. The standard InChI is InChI=1S/C15H22F3NO/c1-5-14(3,4)10-19-11(2)12-6-8-13(9-7-12)20-15(16,17)18/h6-9,11,19H,5,10H2,1-4H3. The van der Waals surface area contributed by atoms with E-state index in [0.29, 0.717) is 0 Å². The van der Waals surface area contributed by atoms with Crippen LogP contribution in [0.1, 0.15) is 45.7 Å². The largest absolute Gasteiger partial charge is 0.573 e. The van der Waals surface area contributed by atoms with Gasteiger partial charge in [0.2, 0.25) is 0 Å². The first-order valence-corrected chi connectivity index (χ1v) is 6.72. The summed E-state index contributed by atoms with van der Waals surface area (Å²) in [6, 6.07) is 6.06. The average molecular weight is 289 g/mol. The van der Waals surface area contributed by atoms with Crippen LogP contribution in [0.5, 0.6) is 5.75 Å². The van der Waals surface area contributed by atoms with Gasteiger partial charge in [-0.1, -0.05) is 32.9 Å².